The van der Waals surface area contributed by atoms with Gasteiger partial charge in [0.05, 0.1) is 12.2 Å². The first-order valence-corrected chi connectivity index (χ1v) is 9.65. The van der Waals surface area contributed by atoms with Gasteiger partial charge in [-0.25, -0.2) is 9.67 Å². The number of nitrogens with zero attached hydrogens (tertiary/aromatic N) is 4. The number of carbonyl (C=O) groups is 1. The van der Waals surface area contributed by atoms with Crippen LogP contribution in [-0.2, 0) is 11.3 Å². The summed E-state index contributed by atoms with van der Waals surface area (Å²) in [6.45, 7) is 5.97. The van der Waals surface area contributed by atoms with Crippen LogP contribution < -0.4 is 10.6 Å². The van der Waals surface area contributed by atoms with Crippen LogP contribution in [0.4, 0.5) is 0 Å². The molecule has 7 nitrogen and oxygen atoms in total. The third-order valence-electron chi connectivity index (χ3n) is 4.51. The number of aliphatic imine (C=N–C) groups is 1. The van der Waals surface area contributed by atoms with Crippen LogP contribution in [0.3, 0.4) is 0 Å². The van der Waals surface area contributed by atoms with E-state index in [-0.39, 0.29) is 5.91 Å². The molecule has 1 amide bonds. The minimum atomic E-state index is 0.285. The number of aromatic nitrogens is 2. The molecule has 7 heteroatoms. The molecule has 1 aliphatic rings. The number of hydrogen-bond donors (Lipinski definition) is 2. The largest absolute Gasteiger partial charge is 0.357 e. The molecule has 1 aliphatic heterocycles. The summed E-state index contributed by atoms with van der Waals surface area (Å²) >= 11 is 0. The number of benzene rings is 1. The van der Waals surface area contributed by atoms with Gasteiger partial charge in [0.15, 0.2) is 5.96 Å². The summed E-state index contributed by atoms with van der Waals surface area (Å²) < 4.78 is 1.84. The van der Waals surface area contributed by atoms with E-state index in [2.05, 4.69) is 39.8 Å². The van der Waals surface area contributed by atoms with E-state index in [1.54, 1.807) is 6.20 Å². The highest BCUT2D eigenvalue weighted by atomic mass is 16.2. The molecular formula is C20H28N6O. The minimum Gasteiger partial charge on any atom is -0.357 e. The van der Waals surface area contributed by atoms with Crippen LogP contribution in [0.15, 0.2) is 47.7 Å². The Balaban J connectivity index is 1.51. The van der Waals surface area contributed by atoms with Gasteiger partial charge in [-0.1, -0.05) is 12.1 Å². The van der Waals surface area contributed by atoms with E-state index < -0.39 is 0 Å². The number of rotatable bonds is 8. The molecule has 144 valence electrons. The number of guanidine groups is 1. The Kier molecular flexibility index (Phi) is 6.84. The number of likely N-dealkylation sites (tertiary alicyclic amines) is 1. The van der Waals surface area contributed by atoms with Gasteiger partial charge < -0.3 is 15.5 Å². The van der Waals surface area contributed by atoms with Gasteiger partial charge in [0, 0.05) is 45.0 Å². The molecule has 2 N–H and O–H groups in total. The van der Waals surface area contributed by atoms with Gasteiger partial charge in [-0.3, -0.25) is 4.79 Å². The van der Waals surface area contributed by atoms with Gasteiger partial charge >= 0.3 is 0 Å². The first-order valence-electron chi connectivity index (χ1n) is 9.65. The molecule has 0 radical (unpaired) electrons. The fourth-order valence-corrected chi connectivity index (χ4v) is 3.15. The Labute approximate surface area is 160 Å². The molecule has 0 spiro atoms. The molecule has 1 aromatic carbocycles. The van der Waals surface area contributed by atoms with Crippen molar-refractivity contribution in [2.45, 2.75) is 32.7 Å². The van der Waals surface area contributed by atoms with Crippen LogP contribution >= 0.6 is 0 Å². The van der Waals surface area contributed by atoms with E-state index in [1.165, 1.54) is 0 Å². The standard InChI is InChI=1S/C20H28N6O/c1-2-21-20(22-10-5-13-25-12-4-9-19(25)27)23-16-17-7-3-8-18(15-17)26-14-6-11-24-26/h3,6-8,11,14-15H,2,4-5,9-10,12-13,16H2,1H3,(H2,21,22,23). The van der Waals surface area contributed by atoms with E-state index >= 15 is 0 Å². The van der Waals surface area contributed by atoms with Crippen molar-refractivity contribution >= 4 is 11.9 Å². The highest BCUT2D eigenvalue weighted by molar-refractivity contribution is 5.79. The van der Waals surface area contributed by atoms with Gasteiger partial charge in [-0.05, 0) is 43.5 Å². The summed E-state index contributed by atoms with van der Waals surface area (Å²) in [6, 6.07) is 10.1. The van der Waals surface area contributed by atoms with Crippen LogP contribution in [0.5, 0.6) is 0 Å². The van der Waals surface area contributed by atoms with Crippen LogP contribution in [0.1, 0.15) is 31.7 Å². The monoisotopic (exact) mass is 368 g/mol. The summed E-state index contributed by atoms with van der Waals surface area (Å²) in [4.78, 5) is 18.3. The maximum absolute atomic E-state index is 11.6. The normalized spacial score (nSPS) is 14.6. The molecule has 0 aliphatic carbocycles. The topological polar surface area (TPSA) is 74.6 Å². The summed E-state index contributed by atoms with van der Waals surface area (Å²) in [6.07, 6.45) is 6.32. The molecule has 0 bridgehead atoms. The fourth-order valence-electron chi connectivity index (χ4n) is 3.15. The second-order valence-electron chi connectivity index (χ2n) is 6.58. The Morgan fingerprint density at radius 1 is 1.30 bits per heavy atom. The van der Waals surface area contributed by atoms with Crippen molar-refractivity contribution in [1.29, 1.82) is 0 Å². The van der Waals surface area contributed by atoms with Crippen LogP contribution in [-0.4, -0.2) is 52.7 Å². The average molecular weight is 368 g/mol. The zero-order chi connectivity index (χ0) is 18.9. The lowest BCUT2D eigenvalue weighted by Crippen LogP contribution is -2.39. The Hall–Kier alpha value is -2.83. The highest BCUT2D eigenvalue weighted by Gasteiger charge is 2.18. The molecule has 1 fully saturated rings. The lowest BCUT2D eigenvalue weighted by atomic mass is 10.2. The number of hydrogen-bond acceptors (Lipinski definition) is 3. The van der Waals surface area contributed by atoms with E-state index in [4.69, 9.17) is 0 Å². The van der Waals surface area contributed by atoms with Crippen molar-refractivity contribution in [2.75, 3.05) is 26.2 Å². The van der Waals surface area contributed by atoms with Gasteiger partial charge in [0.25, 0.3) is 0 Å². The highest BCUT2D eigenvalue weighted by Crippen LogP contribution is 2.11. The zero-order valence-electron chi connectivity index (χ0n) is 15.9. The molecule has 2 heterocycles. The predicted molar refractivity (Wildman–Crippen MR) is 107 cm³/mol. The molecule has 2 aromatic rings. The lowest BCUT2D eigenvalue weighted by Gasteiger charge is -2.16. The van der Waals surface area contributed by atoms with Crippen molar-refractivity contribution in [3.63, 3.8) is 0 Å². The average Bonchev–Trinajstić information content (AvgIpc) is 3.35. The molecular weight excluding hydrogens is 340 g/mol. The molecule has 27 heavy (non-hydrogen) atoms. The molecule has 1 aromatic heterocycles. The second-order valence-corrected chi connectivity index (χ2v) is 6.58. The van der Waals surface area contributed by atoms with Crippen LogP contribution in [0.25, 0.3) is 5.69 Å². The SMILES string of the molecule is CCNC(=NCc1cccc(-n2cccn2)c1)NCCCN1CCCC1=O. The minimum absolute atomic E-state index is 0.285. The summed E-state index contributed by atoms with van der Waals surface area (Å²) in [7, 11) is 0. The summed E-state index contributed by atoms with van der Waals surface area (Å²) in [5, 5.41) is 10.9. The number of carbonyl (C=O) groups excluding carboxylic acids is 1. The Morgan fingerprint density at radius 3 is 2.96 bits per heavy atom. The molecule has 3 rings (SSSR count). The van der Waals surface area contributed by atoms with Crippen LogP contribution in [0.2, 0.25) is 0 Å². The van der Waals surface area contributed by atoms with E-state index in [0.29, 0.717) is 13.0 Å². The van der Waals surface area contributed by atoms with Crippen molar-refractivity contribution in [3.8, 4) is 5.69 Å². The summed E-state index contributed by atoms with van der Waals surface area (Å²) in [5.74, 6) is 1.09. The third-order valence-corrected chi connectivity index (χ3v) is 4.51. The van der Waals surface area contributed by atoms with Crippen molar-refractivity contribution in [3.05, 3.63) is 48.3 Å². The first-order chi connectivity index (χ1) is 13.3. The van der Waals surface area contributed by atoms with Gasteiger partial charge in [0.1, 0.15) is 0 Å². The zero-order valence-corrected chi connectivity index (χ0v) is 15.9. The summed E-state index contributed by atoms with van der Waals surface area (Å²) in [5.41, 5.74) is 2.16. The second kappa shape index (κ2) is 9.75. The molecule has 0 unspecified atom stereocenters. The van der Waals surface area contributed by atoms with E-state index in [9.17, 15) is 4.79 Å². The van der Waals surface area contributed by atoms with Crippen LogP contribution in [0, 0.1) is 0 Å². The smallest absolute Gasteiger partial charge is 0.222 e. The molecule has 0 saturated carbocycles. The molecule has 1 saturated heterocycles. The van der Waals surface area contributed by atoms with Gasteiger partial charge in [0.2, 0.25) is 5.91 Å². The molecule has 0 atom stereocenters. The van der Waals surface area contributed by atoms with Crippen molar-refractivity contribution < 1.29 is 4.79 Å². The van der Waals surface area contributed by atoms with Gasteiger partial charge in [-0.15, -0.1) is 0 Å². The number of amides is 1. The maximum Gasteiger partial charge on any atom is 0.222 e. The quantitative estimate of drug-likeness (QED) is 0.424. The van der Waals surface area contributed by atoms with Gasteiger partial charge in [-0.2, -0.15) is 5.10 Å². The Bertz CT molecular complexity index is 756. The fraction of sp³-hybridized carbons (Fsp3) is 0.450. The predicted octanol–water partition coefficient (Wildman–Crippen LogP) is 1.94. The van der Waals surface area contributed by atoms with Crippen molar-refractivity contribution in [2.24, 2.45) is 4.99 Å². The van der Waals surface area contributed by atoms with E-state index in [1.807, 2.05) is 34.0 Å². The Morgan fingerprint density at radius 2 is 2.22 bits per heavy atom. The van der Waals surface area contributed by atoms with E-state index in [0.717, 1.165) is 56.2 Å². The first kappa shape index (κ1) is 18.9. The lowest BCUT2D eigenvalue weighted by molar-refractivity contribution is -0.127. The van der Waals surface area contributed by atoms with Crippen molar-refractivity contribution in [1.82, 2.24) is 25.3 Å². The number of nitrogens with one attached hydrogen (secondary N) is 2. The maximum atomic E-state index is 11.6. The third kappa shape index (κ3) is 5.57.